The Kier molecular flexibility index (Phi) is 30.5. The number of nitrogens with two attached hydrogens (primary N) is 1. The number of rotatable bonds is 35. The average molecular weight is 794 g/mol. The Morgan fingerprint density at radius 2 is 1.25 bits per heavy atom. The Hall–Kier alpha value is -2.79. The molecule has 0 saturated heterocycles. The van der Waals surface area contributed by atoms with Gasteiger partial charge in [-0.3, -0.25) is 18.6 Å². The van der Waals surface area contributed by atoms with Gasteiger partial charge in [-0.1, -0.05) is 87.6 Å². The molecule has 1 aromatic heterocycles. The fraction of sp³-hybridized carbons (Fsp3) is 0.674. The van der Waals surface area contributed by atoms with Crippen molar-refractivity contribution in [1.29, 1.82) is 0 Å². The van der Waals surface area contributed by atoms with E-state index in [2.05, 4.69) is 57.2 Å². The number of hydrogen-bond donors (Lipinski definition) is 3. The van der Waals surface area contributed by atoms with Gasteiger partial charge in [0, 0.05) is 38.8 Å². The normalized spacial score (nSPS) is 13.8. The first-order valence-corrected chi connectivity index (χ1v) is 22.1. The lowest BCUT2D eigenvalue weighted by molar-refractivity contribution is -0.161. The zero-order valence-electron chi connectivity index (χ0n) is 34.1. The molecule has 0 radical (unpaired) electrons. The Morgan fingerprint density at radius 3 is 1.87 bits per heavy atom. The molecule has 12 heteroatoms. The number of hydrogen-bond acceptors (Lipinski definition) is 10. The van der Waals surface area contributed by atoms with Crippen LogP contribution in [0.2, 0.25) is 0 Å². The second kappa shape index (κ2) is 33.4. The molecule has 1 rings (SSSR count). The van der Waals surface area contributed by atoms with Crippen LogP contribution in [0.1, 0.15) is 145 Å². The van der Waals surface area contributed by atoms with Gasteiger partial charge in [-0.15, -0.1) is 0 Å². The highest BCUT2D eigenvalue weighted by Gasteiger charge is 2.26. The third-order valence-corrected chi connectivity index (χ3v) is 9.93. The van der Waals surface area contributed by atoms with Crippen LogP contribution in [0.4, 0.5) is 0 Å². The zero-order valence-corrected chi connectivity index (χ0v) is 35.0. The second-order valence-electron chi connectivity index (χ2n) is 13.8. The highest BCUT2D eigenvalue weighted by Crippen LogP contribution is 2.43. The lowest BCUT2D eigenvalue weighted by atomic mass is 10.0. The van der Waals surface area contributed by atoms with Gasteiger partial charge in [-0.25, -0.2) is 4.57 Å². The van der Waals surface area contributed by atoms with Crippen molar-refractivity contribution < 1.29 is 47.1 Å². The molecule has 314 valence electrons. The Morgan fingerprint density at radius 1 is 0.709 bits per heavy atom. The molecule has 0 aliphatic heterocycles. The van der Waals surface area contributed by atoms with Crippen LogP contribution in [0.3, 0.4) is 0 Å². The van der Waals surface area contributed by atoms with Crippen molar-refractivity contribution in [2.45, 2.75) is 155 Å². The number of aliphatic hydroxyl groups excluding tert-OH is 1. The summed E-state index contributed by atoms with van der Waals surface area (Å²) in [5.41, 5.74) is 7.90. The molecule has 0 aliphatic rings. The number of phosphoric ester groups is 1. The van der Waals surface area contributed by atoms with Crippen molar-refractivity contribution >= 4 is 19.8 Å². The summed E-state index contributed by atoms with van der Waals surface area (Å²) in [5.74, 6) is 1.28. The van der Waals surface area contributed by atoms with E-state index in [1.54, 1.807) is 0 Å². The second-order valence-corrected chi connectivity index (χ2v) is 15.3. The summed E-state index contributed by atoms with van der Waals surface area (Å²) in [6.45, 7) is 5.80. The number of ether oxygens (including phenoxy) is 2. The van der Waals surface area contributed by atoms with E-state index in [1.165, 1.54) is 11.1 Å². The molecule has 0 fully saturated rings. The van der Waals surface area contributed by atoms with Crippen molar-refractivity contribution in [3.63, 3.8) is 0 Å². The molecule has 0 spiro atoms. The maximum Gasteiger partial charge on any atom is 0.472 e. The lowest BCUT2D eigenvalue weighted by Crippen LogP contribution is -2.29. The number of allylic oxidation sites excluding steroid dienone is 8. The molecule has 55 heavy (non-hydrogen) atoms. The lowest BCUT2D eigenvalue weighted by Gasteiger charge is -2.19. The molecule has 0 amide bonds. The molecule has 2 atom stereocenters. The van der Waals surface area contributed by atoms with Gasteiger partial charge in [-0.05, 0) is 95.6 Å². The van der Waals surface area contributed by atoms with Crippen LogP contribution in [0.5, 0.6) is 0 Å². The highest BCUT2D eigenvalue weighted by atomic mass is 31.2. The largest absolute Gasteiger partial charge is 0.472 e. The predicted molar refractivity (Wildman–Crippen MR) is 220 cm³/mol. The molecule has 1 heterocycles. The van der Waals surface area contributed by atoms with E-state index in [0.29, 0.717) is 19.3 Å². The van der Waals surface area contributed by atoms with Gasteiger partial charge in [0.25, 0.3) is 0 Å². The van der Waals surface area contributed by atoms with Crippen molar-refractivity contribution in [2.75, 3.05) is 33.0 Å². The van der Waals surface area contributed by atoms with Crippen LogP contribution in [-0.4, -0.2) is 61.0 Å². The zero-order chi connectivity index (χ0) is 40.4. The molecular weight excluding hydrogens is 721 g/mol. The SMILES string of the molecule is CCCc1oc(CCCCCCCCC(=O)OC[C@H](COP(=O)(O)OCCN)OC(=O)CCC/C=C\C/C=C\C/C=C\C/C=C\CCCCCO)c(C)c1C. The predicted octanol–water partition coefficient (Wildman–Crippen LogP) is 9.79. The van der Waals surface area contributed by atoms with E-state index in [0.717, 1.165) is 108 Å². The van der Waals surface area contributed by atoms with Gasteiger partial charge in [0.05, 0.1) is 13.2 Å². The molecule has 0 aliphatic carbocycles. The number of furan rings is 1. The Balaban J connectivity index is 2.32. The number of aryl methyl sites for hydroxylation is 2. The summed E-state index contributed by atoms with van der Waals surface area (Å²) in [6.07, 6.45) is 33.1. The molecule has 0 bridgehead atoms. The summed E-state index contributed by atoms with van der Waals surface area (Å²) in [5, 5.41) is 8.79. The maximum absolute atomic E-state index is 12.6. The molecule has 0 saturated carbocycles. The van der Waals surface area contributed by atoms with Crippen LogP contribution >= 0.6 is 7.82 Å². The Bertz CT molecular complexity index is 1320. The van der Waals surface area contributed by atoms with Crippen molar-refractivity contribution in [3.05, 3.63) is 71.3 Å². The van der Waals surface area contributed by atoms with Crippen LogP contribution < -0.4 is 5.73 Å². The van der Waals surface area contributed by atoms with Gasteiger partial charge in [0.2, 0.25) is 0 Å². The van der Waals surface area contributed by atoms with Crippen molar-refractivity contribution in [1.82, 2.24) is 0 Å². The summed E-state index contributed by atoms with van der Waals surface area (Å²) in [4.78, 5) is 34.9. The van der Waals surface area contributed by atoms with Crippen LogP contribution in [0, 0.1) is 13.8 Å². The van der Waals surface area contributed by atoms with E-state index < -0.39 is 32.5 Å². The molecule has 1 aromatic rings. The minimum atomic E-state index is -4.41. The fourth-order valence-electron chi connectivity index (χ4n) is 5.65. The monoisotopic (exact) mass is 793 g/mol. The summed E-state index contributed by atoms with van der Waals surface area (Å²) < 4.78 is 38.8. The quantitative estimate of drug-likeness (QED) is 0.0259. The van der Waals surface area contributed by atoms with Gasteiger partial charge >= 0.3 is 19.8 Å². The topological polar surface area (TPSA) is 168 Å². The molecular formula is C43H72NO10P. The number of unbranched alkanes of at least 4 members (excludes halogenated alkanes) is 9. The first kappa shape index (κ1) is 50.2. The minimum Gasteiger partial charge on any atom is -0.466 e. The molecule has 11 nitrogen and oxygen atoms in total. The van der Waals surface area contributed by atoms with Gasteiger partial charge in [-0.2, -0.15) is 0 Å². The van der Waals surface area contributed by atoms with E-state index in [9.17, 15) is 19.0 Å². The first-order chi connectivity index (χ1) is 26.6. The first-order valence-electron chi connectivity index (χ1n) is 20.6. The number of aliphatic hydroxyl groups is 1. The number of carbonyl (C=O) groups is 2. The van der Waals surface area contributed by atoms with E-state index in [1.807, 2.05) is 12.2 Å². The highest BCUT2D eigenvalue weighted by molar-refractivity contribution is 7.47. The van der Waals surface area contributed by atoms with Gasteiger partial charge in [0.1, 0.15) is 18.1 Å². The molecule has 1 unspecified atom stereocenters. The fourth-order valence-corrected chi connectivity index (χ4v) is 6.42. The third kappa shape index (κ3) is 27.5. The third-order valence-electron chi connectivity index (χ3n) is 8.95. The van der Waals surface area contributed by atoms with Crippen molar-refractivity contribution in [2.24, 2.45) is 5.73 Å². The Labute approximate surface area is 331 Å². The summed E-state index contributed by atoms with van der Waals surface area (Å²) in [6, 6.07) is 0. The van der Waals surface area contributed by atoms with Crippen LogP contribution in [0.15, 0.2) is 53.0 Å². The van der Waals surface area contributed by atoms with Crippen molar-refractivity contribution in [3.8, 4) is 0 Å². The molecule has 4 N–H and O–H groups in total. The van der Waals surface area contributed by atoms with E-state index in [4.69, 9.17) is 33.8 Å². The van der Waals surface area contributed by atoms with Gasteiger partial charge < -0.3 is 29.6 Å². The van der Waals surface area contributed by atoms with Crippen LogP contribution in [-0.2, 0) is 45.5 Å². The van der Waals surface area contributed by atoms with Gasteiger partial charge in [0.15, 0.2) is 6.10 Å². The average Bonchev–Trinajstić information content (AvgIpc) is 3.43. The number of esters is 2. The maximum atomic E-state index is 12.6. The van der Waals surface area contributed by atoms with E-state index >= 15 is 0 Å². The number of phosphoric acid groups is 1. The summed E-state index contributed by atoms with van der Waals surface area (Å²) in [7, 11) is -4.41. The van der Waals surface area contributed by atoms with Crippen LogP contribution in [0.25, 0.3) is 0 Å². The standard InChI is InChI=1S/C43H72NO10P/c1-4-28-40-37(2)38(3)41(54-40)29-24-20-17-18-21-25-30-42(46)50-35-39(36-52-55(48,49)51-34-32-44)53-43(47)31-26-22-16-14-12-10-8-6-5-7-9-11-13-15-19-23-27-33-45/h5,7-8,10-11,13-14,16,39,45H,4,6,9,12,15,17-36,44H2,1-3H3,(H,48,49)/b7-5-,10-8-,13-11-,16-14-/t39-/m1/s1. The smallest absolute Gasteiger partial charge is 0.466 e. The van der Waals surface area contributed by atoms with E-state index in [-0.39, 0.29) is 39.2 Å². The number of carbonyl (C=O) groups excluding carboxylic acids is 2. The summed E-state index contributed by atoms with van der Waals surface area (Å²) >= 11 is 0. The molecule has 0 aromatic carbocycles. The minimum absolute atomic E-state index is 0.0306.